The molecule has 1 amide bonds. The maximum atomic E-state index is 12.8. The lowest BCUT2D eigenvalue weighted by Crippen LogP contribution is -2.40. The van der Waals surface area contributed by atoms with Crippen LogP contribution >= 0.6 is 0 Å². The van der Waals surface area contributed by atoms with Gasteiger partial charge in [-0.15, -0.1) is 0 Å². The van der Waals surface area contributed by atoms with E-state index in [0.717, 1.165) is 24.1 Å². The molecule has 8 heteroatoms. The Hall–Kier alpha value is -3.29. The van der Waals surface area contributed by atoms with Gasteiger partial charge in [0.1, 0.15) is 0 Å². The molecule has 162 valence electrons. The van der Waals surface area contributed by atoms with Gasteiger partial charge >= 0.3 is 0 Å². The van der Waals surface area contributed by atoms with E-state index in [9.17, 15) is 9.59 Å². The number of nitrogens with zero attached hydrogens (tertiary/aromatic N) is 5. The van der Waals surface area contributed by atoms with Crippen LogP contribution in [0.4, 0.5) is 0 Å². The zero-order chi connectivity index (χ0) is 22.0. The van der Waals surface area contributed by atoms with Gasteiger partial charge in [-0.1, -0.05) is 25.9 Å². The molecule has 0 unspecified atom stereocenters. The average molecular weight is 422 g/mol. The average Bonchev–Trinajstić information content (AvgIpc) is 3.25. The van der Waals surface area contributed by atoms with Gasteiger partial charge in [0.2, 0.25) is 0 Å². The number of likely N-dealkylation sites (tertiary alicyclic amines) is 1. The van der Waals surface area contributed by atoms with Gasteiger partial charge in [-0.25, -0.2) is 4.98 Å². The molecule has 1 aliphatic rings. The third kappa shape index (κ3) is 4.73. The molecule has 0 spiro atoms. The van der Waals surface area contributed by atoms with E-state index in [1.807, 2.05) is 32.9 Å². The van der Waals surface area contributed by atoms with E-state index in [2.05, 4.69) is 15.1 Å². The normalized spacial score (nSPS) is 15.3. The van der Waals surface area contributed by atoms with Gasteiger partial charge < -0.3 is 9.42 Å². The molecular weight excluding hydrogens is 394 g/mol. The lowest BCUT2D eigenvalue weighted by molar-refractivity contribution is 0.0672. The molecule has 1 saturated heterocycles. The quantitative estimate of drug-likeness (QED) is 0.642. The third-order valence-electron chi connectivity index (χ3n) is 5.68. The predicted octanol–water partition coefficient (Wildman–Crippen LogP) is 3.14. The first-order valence-corrected chi connectivity index (χ1v) is 10.5. The zero-order valence-corrected chi connectivity index (χ0v) is 18.1. The van der Waals surface area contributed by atoms with Crippen LogP contribution in [0.3, 0.4) is 0 Å². The molecule has 3 aromatic heterocycles. The molecule has 4 rings (SSSR count). The molecule has 31 heavy (non-hydrogen) atoms. The van der Waals surface area contributed by atoms with E-state index in [1.54, 1.807) is 40.3 Å². The van der Waals surface area contributed by atoms with Crippen molar-refractivity contribution in [1.82, 2.24) is 24.6 Å². The summed E-state index contributed by atoms with van der Waals surface area (Å²) < 4.78 is 7.00. The molecule has 0 atom stereocenters. The Balaban J connectivity index is 1.35. The molecule has 0 radical (unpaired) electrons. The first-order chi connectivity index (χ1) is 14.8. The molecule has 0 bridgehead atoms. The summed E-state index contributed by atoms with van der Waals surface area (Å²) in [5.74, 6) is 0.718. The highest BCUT2D eigenvalue weighted by Crippen LogP contribution is 2.23. The van der Waals surface area contributed by atoms with E-state index in [0.29, 0.717) is 37.0 Å². The molecule has 8 nitrogen and oxygen atoms in total. The highest BCUT2D eigenvalue weighted by molar-refractivity contribution is 5.93. The fourth-order valence-corrected chi connectivity index (χ4v) is 3.75. The van der Waals surface area contributed by atoms with Crippen molar-refractivity contribution in [3.63, 3.8) is 0 Å². The molecular formula is C23H27N5O3. The highest BCUT2D eigenvalue weighted by Gasteiger charge is 2.26. The molecule has 4 heterocycles. The van der Waals surface area contributed by atoms with E-state index in [4.69, 9.17) is 4.52 Å². The number of carbonyl (C=O) groups excluding carboxylic acids is 1. The maximum Gasteiger partial charge on any atom is 0.276 e. The first kappa shape index (κ1) is 21.0. The maximum absolute atomic E-state index is 12.8. The second-order valence-corrected chi connectivity index (χ2v) is 9.07. The summed E-state index contributed by atoms with van der Waals surface area (Å²) in [6, 6.07) is 6.95. The van der Waals surface area contributed by atoms with Crippen molar-refractivity contribution in [2.45, 2.75) is 45.6 Å². The van der Waals surface area contributed by atoms with Crippen LogP contribution in [-0.2, 0) is 12.0 Å². The minimum atomic E-state index is -0.151. The Morgan fingerprint density at radius 2 is 2.00 bits per heavy atom. The topological polar surface area (TPSA) is 94.1 Å². The number of hydrogen-bond donors (Lipinski definition) is 0. The van der Waals surface area contributed by atoms with Crippen LogP contribution in [0.15, 0.2) is 52.3 Å². The van der Waals surface area contributed by atoms with E-state index in [1.165, 1.54) is 0 Å². The summed E-state index contributed by atoms with van der Waals surface area (Å²) in [6.07, 6.45) is 6.65. The summed E-state index contributed by atoms with van der Waals surface area (Å²) in [6.45, 7) is 8.00. The lowest BCUT2D eigenvalue weighted by atomic mass is 9.92. The number of hydrogen-bond acceptors (Lipinski definition) is 6. The Labute approximate surface area is 180 Å². The fraction of sp³-hybridized carbons (Fsp3) is 0.435. The smallest absolute Gasteiger partial charge is 0.276 e. The van der Waals surface area contributed by atoms with Crippen molar-refractivity contribution in [3.8, 4) is 11.3 Å². The van der Waals surface area contributed by atoms with Gasteiger partial charge in [-0.05, 0) is 30.9 Å². The van der Waals surface area contributed by atoms with E-state index in [-0.39, 0.29) is 16.9 Å². The summed E-state index contributed by atoms with van der Waals surface area (Å²) in [5.41, 5.74) is 1.71. The van der Waals surface area contributed by atoms with Gasteiger partial charge in [-0.3, -0.25) is 19.1 Å². The SMILES string of the molecule is CC(C)(C)c1cc(=O)n(CC2CCN(C(=O)c3cc(-c4cccnc4)on3)CC2)cn1. The second kappa shape index (κ2) is 8.45. The van der Waals surface area contributed by atoms with Gasteiger partial charge in [0, 0.05) is 55.1 Å². The standard InChI is InChI=1S/C23H27N5O3/c1-23(2,3)20-12-21(29)28(15-25-20)14-16-6-9-27(10-7-16)22(30)18-11-19(31-26-18)17-5-4-8-24-13-17/h4-5,8,11-13,15-16H,6-7,9-10,14H2,1-3H3. The van der Waals surface area contributed by atoms with Crippen LogP contribution in [0.1, 0.15) is 49.8 Å². The Kier molecular flexibility index (Phi) is 5.71. The fourth-order valence-electron chi connectivity index (χ4n) is 3.75. The highest BCUT2D eigenvalue weighted by atomic mass is 16.5. The lowest BCUT2D eigenvalue weighted by Gasteiger charge is -2.31. The summed E-state index contributed by atoms with van der Waals surface area (Å²) in [5, 5.41) is 3.95. The molecule has 0 aliphatic carbocycles. The molecule has 1 aliphatic heterocycles. The zero-order valence-electron chi connectivity index (χ0n) is 18.1. The molecule has 3 aromatic rings. The van der Waals surface area contributed by atoms with Crippen molar-refractivity contribution in [3.05, 3.63) is 64.7 Å². The molecule has 1 fully saturated rings. The van der Waals surface area contributed by atoms with Crippen LogP contribution in [-0.4, -0.2) is 43.6 Å². The van der Waals surface area contributed by atoms with Crippen LogP contribution in [0.5, 0.6) is 0 Å². The number of piperidine rings is 1. The Bertz CT molecular complexity index is 1110. The van der Waals surface area contributed by atoms with Gasteiger partial charge in [-0.2, -0.15) is 0 Å². The third-order valence-corrected chi connectivity index (χ3v) is 5.68. The van der Waals surface area contributed by atoms with E-state index < -0.39 is 0 Å². The van der Waals surface area contributed by atoms with Crippen molar-refractivity contribution >= 4 is 5.91 Å². The number of rotatable bonds is 4. The van der Waals surface area contributed by atoms with Crippen LogP contribution in [0.25, 0.3) is 11.3 Å². The monoisotopic (exact) mass is 421 g/mol. The number of amides is 1. The minimum Gasteiger partial charge on any atom is -0.355 e. The van der Waals surface area contributed by atoms with Gasteiger partial charge in [0.15, 0.2) is 11.5 Å². The summed E-state index contributed by atoms with van der Waals surface area (Å²) >= 11 is 0. The Morgan fingerprint density at radius 3 is 2.65 bits per heavy atom. The van der Waals surface area contributed by atoms with Crippen molar-refractivity contribution in [2.75, 3.05) is 13.1 Å². The van der Waals surface area contributed by atoms with Crippen LogP contribution < -0.4 is 5.56 Å². The molecule has 0 saturated carbocycles. The molecule has 0 N–H and O–H groups in total. The Morgan fingerprint density at radius 1 is 1.23 bits per heavy atom. The van der Waals surface area contributed by atoms with Crippen LogP contribution in [0.2, 0.25) is 0 Å². The summed E-state index contributed by atoms with van der Waals surface area (Å²) in [4.78, 5) is 35.6. The number of aromatic nitrogens is 4. The van der Waals surface area contributed by atoms with Gasteiger partial charge in [0.05, 0.1) is 12.0 Å². The van der Waals surface area contributed by atoms with E-state index >= 15 is 0 Å². The van der Waals surface area contributed by atoms with Crippen molar-refractivity contribution in [2.24, 2.45) is 5.92 Å². The van der Waals surface area contributed by atoms with Crippen molar-refractivity contribution in [1.29, 1.82) is 0 Å². The van der Waals surface area contributed by atoms with Gasteiger partial charge in [0.25, 0.3) is 11.5 Å². The van der Waals surface area contributed by atoms with Crippen LogP contribution in [0, 0.1) is 5.92 Å². The number of carbonyl (C=O) groups is 1. The molecule has 0 aromatic carbocycles. The second-order valence-electron chi connectivity index (χ2n) is 9.07. The van der Waals surface area contributed by atoms with Crippen molar-refractivity contribution < 1.29 is 9.32 Å². The first-order valence-electron chi connectivity index (χ1n) is 10.5. The largest absolute Gasteiger partial charge is 0.355 e. The predicted molar refractivity (Wildman–Crippen MR) is 116 cm³/mol. The summed E-state index contributed by atoms with van der Waals surface area (Å²) in [7, 11) is 0. The minimum absolute atomic E-state index is 0.0241. The number of pyridine rings is 1.